The minimum Gasteiger partial charge on any atom is -0.481 e. The highest BCUT2D eigenvalue weighted by Gasteiger charge is 2.43. The normalized spacial score (nSPS) is 14.1. The topological polar surface area (TPSA) is 93.1 Å². The van der Waals surface area contributed by atoms with Crippen LogP contribution in [0.2, 0.25) is 0 Å². The van der Waals surface area contributed by atoms with Crippen LogP contribution in [0.3, 0.4) is 0 Å². The minimum atomic E-state index is -4.62. The Morgan fingerprint density at radius 3 is 2.39 bits per heavy atom. The molecule has 38 heavy (non-hydrogen) atoms. The number of carbonyl (C=O) groups is 1. The quantitative estimate of drug-likeness (QED) is 0.290. The van der Waals surface area contributed by atoms with Gasteiger partial charge in [-0.1, -0.05) is 26.8 Å². The van der Waals surface area contributed by atoms with Crippen LogP contribution in [0.1, 0.15) is 45.2 Å². The summed E-state index contributed by atoms with van der Waals surface area (Å²) in [5.41, 5.74) is 1.73. The summed E-state index contributed by atoms with van der Waals surface area (Å²) in [6.07, 6.45) is 2.59. The molecule has 3 N–H and O–H groups in total. The number of aromatic nitrogens is 3. The van der Waals surface area contributed by atoms with E-state index in [0.29, 0.717) is 13.0 Å². The predicted octanol–water partition coefficient (Wildman–Crippen LogP) is 4.89. The molecule has 0 radical (unpaired) electrons. The fourth-order valence-electron chi connectivity index (χ4n) is 3.99. The molecule has 3 aromatic rings. The SMILES string of the molecule is CC[C@@H](CNc1ccc(-n2ccnc2)cc1)NC(=O)[C@H](CC(C)C)N[C@@H](c1ccc(OC)nc1)C(F)(F)F. The Balaban J connectivity index is 1.66. The van der Waals surface area contributed by atoms with E-state index in [1.807, 2.05) is 55.8 Å². The van der Waals surface area contributed by atoms with Crippen molar-refractivity contribution in [3.8, 4) is 11.6 Å². The van der Waals surface area contributed by atoms with E-state index in [9.17, 15) is 18.0 Å². The molecule has 0 aliphatic carbocycles. The standard InChI is InChI=1S/C27H35F3N6O2/c1-5-20(16-32-21-7-9-22(10-8-21)36-13-12-31-17-36)34-26(37)23(14-18(2)3)35-25(27(28,29)30)19-6-11-24(38-4)33-15-19/h6-13,15,17-18,20,23,25,32,35H,5,14,16H2,1-4H3,(H,34,37)/t20-,23-,25-/m0/s1. The highest BCUT2D eigenvalue weighted by molar-refractivity contribution is 5.82. The fourth-order valence-corrected chi connectivity index (χ4v) is 3.99. The number of alkyl halides is 3. The molecule has 0 bridgehead atoms. The average Bonchev–Trinajstić information content (AvgIpc) is 3.43. The Bertz CT molecular complexity index is 1120. The molecule has 0 aliphatic rings. The van der Waals surface area contributed by atoms with E-state index in [4.69, 9.17) is 4.74 Å². The molecule has 0 spiro atoms. The molecular formula is C27H35F3N6O2. The number of ether oxygens (including phenoxy) is 1. The van der Waals surface area contributed by atoms with Gasteiger partial charge in [-0.15, -0.1) is 0 Å². The summed E-state index contributed by atoms with van der Waals surface area (Å²) < 4.78 is 48.9. The summed E-state index contributed by atoms with van der Waals surface area (Å²) in [6, 6.07) is 7.02. The van der Waals surface area contributed by atoms with E-state index in [2.05, 4.69) is 25.9 Å². The number of imidazole rings is 1. The number of hydrogen-bond donors (Lipinski definition) is 3. The van der Waals surface area contributed by atoms with Crippen molar-refractivity contribution in [2.45, 2.75) is 57.9 Å². The van der Waals surface area contributed by atoms with Gasteiger partial charge in [0.2, 0.25) is 11.8 Å². The Morgan fingerprint density at radius 2 is 1.87 bits per heavy atom. The van der Waals surface area contributed by atoms with Crippen LogP contribution in [0.15, 0.2) is 61.3 Å². The summed E-state index contributed by atoms with van der Waals surface area (Å²) in [6.45, 7) is 6.07. The van der Waals surface area contributed by atoms with Crippen LogP contribution in [0.25, 0.3) is 5.69 Å². The van der Waals surface area contributed by atoms with Crippen molar-refractivity contribution >= 4 is 11.6 Å². The first-order valence-corrected chi connectivity index (χ1v) is 12.6. The van der Waals surface area contributed by atoms with E-state index < -0.39 is 24.2 Å². The molecule has 0 saturated carbocycles. The van der Waals surface area contributed by atoms with Gasteiger partial charge in [0.05, 0.1) is 19.5 Å². The van der Waals surface area contributed by atoms with Gasteiger partial charge in [-0.05, 0) is 48.6 Å². The molecule has 1 amide bonds. The second-order valence-electron chi connectivity index (χ2n) is 9.47. The molecule has 0 aliphatic heterocycles. The summed E-state index contributed by atoms with van der Waals surface area (Å²) in [5, 5.41) is 8.77. The van der Waals surface area contributed by atoms with E-state index in [1.54, 1.807) is 12.5 Å². The van der Waals surface area contributed by atoms with E-state index >= 15 is 0 Å². The Kier molecular flexibility index (Phi) is 10.1. The number of carbonyl (C=O) groups excluding carboxylic acids is 1. The summed E-state index contributed by atoms with van der Waals surface area (Å²) in [4.78, 5) is 21.2. The molecule has 0 unspecified atom stereocenters. The lowest BCUT2D eigenvalue weighted by Gasteiger charge is -2.29. The summed E-state index contributed by atoms with van der Waals surface area (Å²) in [7, 11) is 1.39. The zero-order valence-corrected chi connectivity index (χ0v) is 22.0. The number of halogens is 3. The van der Waals surface area contributed by atoms with E-state index in [-0.39, 0.29) is 29.8 Å². The van der Waals surface area contributed by atoms with Crippen molar-refractivity contribution in [1.29, 1.82) is 0 Å². The molecule has 3 atom stereocenters. The third-order valence-corrected chi connectivity index (χ3v) is 6.08. The lowest BCUT2D eigenvalue weighted by Crippen LogP contribution is -2.52. The number of hydrogen-bond acceptors (Lipinski definition) is 6. The first-order chi connectivity index (χ1) is 18.1. The second kappa shape index (κ2) is 13.3. The zero-order chi connectivity index (χ0) is 27.7. The Hall–Kier alpha value is -3.60. The molecular weight excluding hydrogens is 497 g/mol. The number of methoxy groups -OCH3 is 1. The number of rotatable bonds is 13. The molecule has 2 heterocycles. The number of nitrogens with zero attached hydrogens (tertiary/aromatic N) is 3. The first-order valence-electron chi connectivity index (χ1n) is 12.6. The number of pyridine rings is 1. The lowest BCUT2D eigenvalue weighted by molar-refractivity contribution is -0.161. The highest BCUT2D eigenvalue weighted by Crippen LogP contribution is 2.33. The smallest absolute Gasteiger partial charge is 0.407 e. The van der Waals surface area contributed by atoms with Crippen molar-refractivity contribution in [3.63, 3.8) is 0 Å². The Morgan fingerprint density at radius 1 is 1.13 bits per heavy atom. The van der Waals surface area contributed by atoms with Gasteiger partial charge in [0.25, 0.3) is 0 Å². The van der Waals surface area contributed by atoms with Crippen LogP contribution >= 0.6 is 0 Å². The van der Waals surface area contributed by atoms with Gasteiger partial charge in [0.15, 0.2) is 0 Å². The van der Waals surface area contributed by atoms with Crippen LogP contribution in [-0.4, -0.2) is 52.4 Å². The van der Waals surface area contributed by atoms with Crippen LogP contribution in [0.4, 0.5) is 18.9 Å². The van der Waals surface area contributed by atoms with Crippen molar-refractivity contribution in [3.05, 3.63) is 66.9 Å². The van der Waals surface area contributed by atoms with Crippen LogP contribution in [-0.2, 0) is 4.79 Å². The summed E-state index contributed by atoms with van der Waals surface area (Å²) >= 11 is 0. The first kappa shape index (κ1) is 29.0. The second-order valence-corrected chi connectivity index (χ2v) is 9.47. The molecule has 0 saturated heterocycles. The van der Waals surface area contributed by atoms with E-state index in [0.717, 1.165) is 17.6 Å². The molecule has 2 aromatic heterocycles. The van der Waals surface area contributed by atoms with Crippen LogP contribution in [0, 0.1) is 5.92 Å². The predicted molar refractivity (Wildman–Crippen MR) is 140 cm³/mol. The van der Waals surface area contributed by atoms with Gasteiger partial charge < -0.3 is 19.9 Å². The molecule has 206 valence electrons. The fraction of sp³-hybridized carbons (Fsp3) is 0.444. The van der Waals surface area contributed by atoms with Gasteiger partial charge >= 0.3 is 6.18 Å². The van der Waals surface area contributed by atoms with Crippen LogP contribution in [0.5, 0.6) is 5.88 Å². The molecule has 11 heteroatoms. The number of amides is 1. The Labute approximate surface area is 221 Å². The average molecular weight is 533 g/mol. The maximum Gasteiger partial charge on any atom is 0.407 e. The lowest BCUT2D eigenvalue weighted by atomic mass is 9.99. The van der Waals surface area contributed by atoms with Gasteiger partial charge in [-0.3, -0.25) is 10.1 Å². The van der Waals surface area contributed by atoms with Crippen molar-refractivity contribution in [2.75, 3.05) is 19.0 Å². The maximum absolute atomic E-state index is 14.0. The monoisotopic (exact) mass is 532 g/mol. The molecule has 1 aromatic carbocycles. The van der Waals surface area contributed by atoms with Crippen LogP contribution < -0.4 is 20.7 Å². The van der Waals surface area contributed by atoms with Gasteiger partial charge in [0, 0.05) is 48.6 Å². The van der Waals surface area contributed by atoms with Gasteiger partial charge in [0.1, 0.15) is 6.04 Å². The maximum atomic E-state index is 14.0. The number of anilines is 1. The van der Waals surface area contributed by atoms with Gasteiger partial charge in [-0.2, -0.15) is 13.2 Å². The molecule has 3 rings (SSSR count). The third-order valence-electron chi connectivity index (χ3n) is 6.08. The minimum absolute atomic E-state index is 0.00617. The number of benzene rings is 1. The van der Waals surface area contributed by atoms with Gasteiger partial charge in [-0.25, -0.2) is 9.97 Å². The zero-order valence-electron chi connectivity index (χ0n) is 22.0. The summed E-state index contributed by atoms with van der Waals surface area (Å²) in [5.74, 6) is -0.271. The highest BCUT2D eigenvalue weighted by atomic mass is 19.4. The van der Waals surface area contributed by atoms with Crippen molar-refractivity contribution in [2.24, 2.45) is 5.92 Å². The van der Waals surface area contributed by atoms with Crippen molar-refractivity contribution in [1.82, 2.24) is 25.2 Å². The van der Waals surface area contributed by atoms with E-state index in [1.165, 1.54) is 19.2 Å². The van der Waals surface area contributed by atoms with Crippen molar-refractivity contribution < 1.29 is 22.7 Å². The third kappa shape index (κ3) is 8.20. The molecule has 0 fully saturated rings. The molecule has 8 nitrogen and oxygen atoms in total. The number of nitrogens with one attached hydrogen (secondary N) is 3. The largest absolute Gasteiger partial charge is 0.481 e.